The molecule has 0 spiro atoms. The Morgan fingerprint density at radius 3 is 2.83 bits per heavy atom. The predicted octanol–water partition coefficient (Wildman–Crippen LogP) is 5.30. The molecule has 2 aliphatic rings. The highest BCUT2D eigenvalue weighted by Crippen LogP contribution is 2.38. The van der Waals surface area contributed by atoms with E-state index in [9.17, 15) is 9.59 Å². The maximum absolute atomic E-state index is 13.4. The van der Waals surface area contributed by atoms with Crippen molar-refractivity contribution in [2.45, 2.75) is 52.0 Å². The van der Waals surface area contributed by atoms with E-state index >= 15 is 0 Å². The van der Waals surface area contributed by atoms with Crippen LogP contribution in [-0.2, 0) is 16.0 Å². The van der Waals surface area contributed by atoms with Gasteiger partial charge >= 0.3 is 5.97 Å². The van der Waals surface area contributed by atoms with Crippen molar-refractivity contribution in [2.24, 2.45) is 0 Å². The number of carbonyl (C=O) groups is 2. The van der Waals surface area contributed by atoms with E-state index in [-0.39, 0.29) is 25.3 Å². The van der Waals surface area contributed by atoms with Gasteiger partial charge in [-0.2, -0.15) is 0 Å². The second kappa shape index (κ2) is 10.4. The molecule has 0 fully saturated rings. The smallest absolute Gasteiger partial charge is 0.339 e. The van der Waals surface area contributed by atoms with Gasteiger partial charge in [-0.05, 0) is 73.6 Å². The van der Waals surface area contributed by atoms with Gasteiger partial charge in [0.15, 0.2) is 18.1 Å². The molecule has 0 radical (unpaired) electrons. The van der Waals surface area contributed by atoms with Gasteiger partial charge in [-0.25, -0.2) is 9.78 Å². The predicted molar refractivity (Wildman–Crippen MR) is 138 cm³/mol. The van der Waals surface area contributed by atoms with E-state index in [0.29, 0.717) is 5.56 Å². The molecule has 2 aromatic carbocycles. The zero-order valence-electron chi connectivity index (χ0n) is 20.6. The summed E-state index contributed by atoms with van der Waals surface area (Å²) in [5.41, 5.74) is 4.95. The summed E-state index contributed by atoms with van der Waals surface area (Å²) >= 11 is 0. The van der Waals surface area contributed by atoms with Crippen LogP contribution in [0.4, 0.5) is 0 Å². The van der Waals surface area contributed by atoms with Crippen molar-refractivity contribution in [1.82, 2.24) is 10.3 Å². The number of pyridine rings is 1. The highest BCUT2D eigenvalue weighted by atomic mass is 16.7. The molecule has 36 heavy (non-hydrogen) atoms. The molecule has 1 aliphatic carbocycles. The Kier molecular flexibility index (Phi) is 6.89. The van der Waals surface area contributed by atoms with Crippen molar-refractivity contribution < 1.29 is 23.8 Å². The summed E-state index contributed by atoms with van der Waals surface area (Å²) in [6.45, 7) is 3.94. The Balaban J connectivity index is 1.48. The zero-order valence-corrected chi connectivity index (χ0v) is 20.6. The van der Waals surface area contributed by atoms with Gasteiger partial charge in [-0.15, -0.1) is 0 Å². The van der Waals surface area contributed by atoms with Crippen LogP contribution in [0.3, 0.4) is 0 Å². The molecule has 7 nitrogen and oxygen atoms in total. The molecule has 0 saturated carbocycles. The maximum atomic E-state index is 13.4. The number of hydrogen-bond donors (Lipinski definition) is 1. The maximum Gasteiger partial charge on any atom is 0.339 e. The number of carbonyl (C=O) groups excluding carboxylic acids is 2. The lowest BCUT2D eigenvalue weighted by Gasteiger charge is -2.22. The van der Waals surface area contributed by atoms with Crippen molar-refractivity contribution in [3.05, 3.63) is 64.8 Å². The highest BCUT2D eigenvalue weighted by Gasteiger charge is 2.26. The van der Waals surface area contributed by atoms with Crippen molar-refractivity contribution in [1.29, 1.82) is 0 Å². The van der Waals surface area contributed by atoms with Crippen LogP contribution in [0.1, 0.15) is 66.7 Å². The van der Waals surface area contributed by atoms with Crippen LogP contribution in [-0.4, -0.2) is 36.3 Å². The minimum absolute atomic E-state index is 0.0413. The Labute approximate surface area is 210 Å². The molecule has 1 N–H and O–H groups in total. The lowest BCUT2D eigenvalue weighted by molar-refractivity contribution is -0.124. The van der Waals surface area contributed by atoms with Crippen LogP contribution in [0.5, 0.6) is 11.5 Å². The number of ether oxygens (including phenoxy) is 3. The number of rotatable bonds is 7. The summed E-state index contributed by atoms with van der Waals surface area (Å²) in [4.78, 5) is 30.6. The molecule has 5 rings (SSSR count). The van der Waals surface area contributed by atoms with Crippen LogP contribution in [0.25, 0.3) is 22.6 Å². The van der Waals surface area contributed by atoms with Crippen LogP contribution in [0, 0.1) is 0 Å². The molecular weight excluding hydrogens is 456 g/mol. The van der Waals surface area contributed by atoms with Crippen molar-refractivity contribution in [2.75, 3.05) is 13.4 Å². The third kappa shape index (κ3) is 4.91. The van der Waals surface area contributed by atoms with Gasteiger partial charge < -0.3 is 19.5 Å². The molecular formula is C29H30N2O5. The summed E-state index contributed by atoms with van der Waals surface area (Å²) in [6.07, 6.45) is 6.39. The number of hydrogen-bond acceptors (Lipinski definition) is 6. The Bertz CT molecular complexity index is 1350. The van der Waals surface area contributed by atoms with Crippen molar-refractivity contribution >= 4 is 34.4 Å². The van der Waals surface area contributed by atoms with Gasteiger partial charge in [0.2, 0.25) is 6.79 Å². The molecule has 3 aromatic rings. The first kappa shape index (κ1) is 23.9. The van der Waals surface area contributed by atoms with E-state index in [0.717, 1.165) is 76.9 Å². The monoisotopic (exact) mass is 486 g/mol. The van der Waals surface area contributed by atoms with Gasteiger partial charge in [0.1, 0.15) is 0 Å². The fraction of sp³-hybridized carbons (Fsp3) is 0.345. The number of nitrogens with one attached hydrogen (secondary N) is 1. The van der Waals surface area contributed by atoms with Gasteiger partial charge in [-0.3, -0.25) is 4.79 Å². The summed E-state index contributed by atoms with van der Waals surface area (Å²) in [7, 11) is 0. The minimum atomic E-state index is -0.493. The molecule has 1 atom stereocenters. The lowest BCUT2D eigenvalue weighted by Crippen LogP contribution is -2.35. The molecule has 186 valence electrons. The molecule has 0 saturated heterocycles. The number of aromatic nitrogens is 1. The first-order valence-electron chi connectivity index (χ1n) is 12.5. The normalized spacial score (nSPS) is 16.0. The van der Waals surface area contributed by atoms with E-state index in [1.54, 1.807) is 0 Å². The summed E-state index contributed by atoms with van der Waals surface area (Å²) < 4.78 is 16.5. The largest absolute Gasteiger partial charge is 0.454 e. The zero-order chi connectivity index (χ0) is 25.1. The third-order valence-electron chi connectivity index (χ3n) is 6.58. The summed E-state index contributed by atoms with van der Waals surface area (Å²) in [5.74, 6) is 0.679. The third-order valence-corrected chi connectivity index (χ3v) is 6.58. The number of para-hydroxylation sites is 1. The number of benzene rings is 2. The van der Waals surface area contributed by atoms with E-state index < -0.39 is 5.97 Å². The van der Waals surface area contributed by atoms with Crippen LogP contribution in [0.2, 0.25) is 0 Å². The number of fused-ring (bicyclic) bond motifs is 3. The fourth-order valence-electron chi connectivity index (χ4n) is 4.94. The molecule has 7 heteroatoms. The standard InChI is InChI=1S/C29H30N2O5/c1-3-7-18(2)30-26(32)16-34-29(33)27-21-9-4-5-11-23(21)31-28-20(8-6-10-22(27)28)14-19-12-13-24-25(15-19)36-17-35-24/h4-5,9,11-15,18H,3,6-8,10,16-17H2,1-2H3,(H,30,32). The van der Waals surface area contributed by atoms with Crippen molar-refractivity contribution in [3.63, 3.8) is 0 Å². The van der Waals surface area contributed by atoms with Crippen LogP contribution < -0.4 is 14.8 Å². The van der Waals surface area contributed by atoms with Gasteiger partial charge in [0, 0.05) is 11.4 Å². The Morgan fingerprint density at radius 1 is 1.14 bits per heavy atom. The number of nitrogens with zero attached hydrogens (tertiary/aromatic N) is 1. The molecule has 0 bridgehead atoms. The van der Waals surface area contributed by atoms with Crippen molar-refractivity contribution in [3.8, 4) is 11.5 Å². The van der Waals surface area contributed by atoms with E-state index in [4.69, 9.17) is 19.2 Å². The average Bonchev–Trinajstić information content (AvgIpc) is 3.34. The first-order chi connectivity index (χ1) is 17.5. The van der Waals surface area contributed by atoms with Gasteiger partial charge in [0.05, 0.1) is 16.8 Å². The topological polar surface area (TPSA) is 86.8 Å². The molecule has 1 amide bonds. The van der Waals surface area contributed by atoms with Gasteiger partial charge in [0.25, 0.3) is 5.91 Å². The number of allylic oxidation sites excluding steroid dienone is 1. The number of amides is 1. The fourth-order valence-corrected chi connectivity index (χ4v) is 4.94. The molecule has 2 heterocycles. The summed E-state index contributed by atoms with van der Waals surface area (Å²) in [6, 6.07) is 13.5. The average molecular weight is 487 g/mol. The van der Waals surface area contributed by atoms with E-state index in [1.807, 2.05) is 49.4 Å². The van der Waals surface area contributed by atoms with Gasteiger partial charge in [-0.1, -0.05) is 37.6 Å². The second-order valence-electron chi connectivity index (χ2n) is 9.30. The first-order valence-corrected chi connectivity index (χ1v) is 12.5. The second-order valence-corrected chi connectivity index (χ2v) is 9.30. The Morgan fingerprint density at radius 2 is 1.97 bits per heavy atom. The lowest BCUT2D eigenvalue weighted by atomic mass is 9.86. The van der Waals surface area contributed by atoms with E-state index in [2.05, 4.69) is 18.3 Å². The molecule has 1 aliphatic heterocycles. The SMILES string of the molecule is CCCC(C)NC(=O)COC(=O)c1c2c(nc3ccccc13)C(=Cc1ccc3c(c1)OCO3)CCC2. The summed E-state index contributed by atoms with van der Waals surface area (Å²) in [5, 5.41) is 3.62. The van der Waals surface area contributed by atoms with Crippen LogP contribution >= 0.6 is 0 Å². The highest BCUT2D eigenvalue weighted by molar-refractivity contribution is 6.07. The molecule has 1 aromatic heterocycles. The Hall–Kier alpha value is -3.87. The van der Waals surface area contributed by atoms with Crippen LogP contribution in [0.15, 0.2) is 42.5 Å². The van der Waals surface area contributed by atoms with E-state index in [1.165, 1.54) is 0 Å². The quantitative estimate of drug-likeness (QED) is 0.456. The molecule has 1 unspecified atom stereocenters. The number of esters is 1. The minimum Gasteiger partial charge on any atom is -0.454 e.